The molecule has 0 unspecified atom stereocenters. The standard InChI is InChI=1S/C15H15N3OS/c19-14-10-20-15-16-13(9-18(14)15)11-3-5-12(6-4-11)17-7-1-2-8-17/h3-6,9H,1-2,7-8,10H2. The van der Waals surface area contributed by atoms with Crippen molar-refractivity contribution in [3.8, 4) is 11.3 Å². The third-order valence-electron chi connectivity index (χ3n) is 3.90. The third kappa shape index (κ3) is 1.93. The van der Waals surface area contributed by atoms with Gasteiger partial charge in [0, 0.05) is 30.5 Å². The number of carbonyl (C=O) groups is 1. The first-order valence-corrected chi connectivity index (χ1v) is 7.90. The Kier molecular flexibility index (Phi) is 2.80. The van der Waals surface area contributed by atoms with Gasteiger partial charge >= 0.3 is 0 Å². The van der Waals surface area contributed by atoms with Gasteiger partial charge in [-0.05, 0) is 25.0 Å². The fraction of sp³-hybridized carbons (Fsp3) is 0.333. The predicted molar refractivity (Wildman–Crippen MR) is 80.5 cm³/mol. The van der Waals surface area contributed by atoms with Crippen molar-refractivity contribution in [2.75, 3.05) is 23.7 Å². The summed E-state index contributed by atoms with van der Waals surface area (Å²) >= 11 is 1.51. The fourth-order valence-electron chi connectivity index (χ4n) is 2.80. The van der Waals surface area contributed by atoms with Crippen LogP contribution in [0.3, 0.4) is 0 Å². The Labute approximate surface area is 121 Å². The van der Waals surface area contributed by atoms with Crippen molar-refractivity contribution < 1.29 is 4.79 Å². The van der Waals surface area contributed by atoms with E-state index in [1.165, 1.54) is 30.3 Å². The number of imidazole rings is 1. The van der Waals surface area contributed by atoms with Gasteiger partial charge in [0.2, 0.25) is 5.91 Å². The van der Waals surface area contributed by atoms with Crippen LogP contribution in [0.4, 0.5) is 5.69 Å². The van der Waals surface area contributed by atoms with E-state index in [4.69, 9.17) is 0 Å². The zero-order chi connectivity index (χ0) is 13.5. The van der Waals surface area contributed by atoms with Crippen molar-refractivity contribution >= 4 is 23.4 Å². The fourth-order valence-corrected chi connectivity index (χ4v) is 3.65. The van der Waals surface area contributed by atoms with Gasteiger partial charge in [0.1, 0.15) is 0 Å². The Balaban J connectivity index is 1.62. The Morgan fingerprint density at radius 1 is 1.10 bits per heavy atom. The van der Waals surface area contributed by atoms with Crippen LogP contribution in [0, 0.1) is 0 Å². The Hall–Kier alpha value is -1.75. The number of anilines is 1. The van der Waals surface area contributed by atoms with Gasteiger partial charge in [-0.25, -0.2) is 4.98 Å². The summed E-state index contributed by atoms with van der Waals surface area (Å²) in [6.45, 7) is 2.31. The molecule has 2 aliphatic rings. The molecule has 2 aromatic rings. The van der Waals surface area contributed by atoms with Gasteiger partial charge in [-0.2, -0.15) is 0 Å². The van der Waals surface area contributed by atoms with Crippen molar-refractivity contribution in [1.82, 2.24) is 9.55 Å². The van der Waals surface area contributed by atoms with E-state index in [-0.39, 0.29) is 5.91 Å². The Morgan fingerprint density at radius 2 is 1.85 bits per heavy atom. The van der Waals surface area contributed by atoms with Crippen LogP contribution in [0.5, 0.6) is 0 Å². The molecule has 102 valence electrons. The van der Waals surface area contributed by atoms with Crippen LogP contribution in [0.2, 0.25) is 0 Å². The second-order valence-corrected chi connectivity index (χ2v) is 6.14. The first kappa shape index (κ1) is 12.0. The van der Waals surface area contributed by atoms with Gasteiger partial charge in [0.25, 0.3) is 0 Å². The van der Waals surface area contributed by atoms with Crippen molar-refractivity contribution in [2.24, 2.45) is 0 Å². The Morgan fingerprint density at radius 3 is 2.55 bits per heavy atom. The summed E-state index contributed by atoms with van der Waals surface area (Å²) in [5.41, 5.74) is 3.24. The normalized spacial score (nSPS) is 17.8. The second-order valence-electron chi connectivity index (χ2n) is 5.20. The monoisotopic (exact) mass is 285 g/mol. The SMILES string of the molecule is O=C1CSc2nc(-c3ccc(N4CCCC4)cc3)cn21. The van der Waals surface area contributed by atoms with Gasteiger partial charge in [-0.1, -0.05) is 23.9 Å². The van der Waals surface area contributed by atoms with E-state index in [1.54, 1.807) is 4.57 Å². The zero-order valence-corrected chi connectivity index (χ0v) is 11.9. The summed E-state index contributed by atoms with van der Waals surface area (Å²) in [5, 5.41) is 0.814. The van der Waals surface area contributed by atoms with Crippen LogP contribution in [0.15, 0.2) is 35.6 Å². The van der Waals surface area contributed by atoms with Gasteiger partial charge in [0.05, 0.1) is 11.4 Å². The average Bonchev–Trinajstić information content (AvgIpc) is 3.18. The lowest BCUT2D eigenvalue weighted by Crippen LogP contribution is -2.17. The van der Waals surface area contributed by atoms with Crippen LogP contribution < -0.4 is 4.90 Å². The lowest BCUT2D eigenvalue weighted by molar-refractivity contribution is 0.0939. The molecule has 0 amide bonds. The van der Waals surface area contributed by atoms with E-state index in [0.717, 1.165) is 29.5 Å². The van der Waals surface area contributed by atoms with Gasteiger partial charge in [-0.3, -0.25) is 9.36 Å². The number of benzene rings is 1. The molecule has 5 heteroatoms. The zero-order valence-electron chi connectivity index (χ0n) is 11.1. The van der Waals surface area contributed by atoms with E-state index in [0.29, 0.717) is 5.75 Å². The summed E-state index contributed by atoms with van der Waals surface area (Å²) in [6.07, 6.45) is 4.42. The summed E-state index contributed by atoms with van der Waals surface area (Å²) in [4.78, 5) is 18.6. The topological polar surface area (TPSA) is 38.1 Å². The van der Waals surface area contributed by atoms with Gasteiger partial charge < -0.3 is 4.90 Å². The maximum Gasteiger partial charge on any atom is 0.243 e. The molecule has 0 bridgehead atoms. The summed E-state index contributed by atoms with van der Waals surface area (Å²) in [7, 11) is 0. The molecule has 0 N–H and O–H groups in total. The molecule has 2 aliphatic heterocycles. The van der Waals surface area contributed by atoms with Crippen LogP contribution in [0.25, 0.3) is 11.3 Å². The van der Waals surface area contributed by atoms with Crippen molar-refractivity contribution in [3.63, 3.8) is 0 Å². The highest BCUT2D eigenvalue weighted by Crippen LogP contribution is 2.30. The van der Waals surface area contributed by atoms with Crippen molar-refractivity contribution in [1.29, 1.82) is 0 Å². The maximum atomic E-state index is 11.6. The highest BCUT2D eigenvalue weighted by atomic mass is 32.2. The first-order valence-electron chi connectivity index (χ1n) is 6.92. The van der Waals surface area contributed by atoms with Gasteiger partial charge in [0.15, 0.2) is 5.16 Å². The van der Waals surface area contributed by atoms with E-state index in [2.05, 4.69) is 34.1 Å². The van der Waals surface area contributed by atoms with E-state index in [9.17, 15) is 4.79 Å². The minimum atomic E-state index is 0.123. The average molecular weight is 285 g/mol. The molecule has 1 fully saturated rings. The summed E-state index contributed by atoms with van der Waals surface area (Å²) < 4.78 is 1.66. The molecule has 4 rings (SSSR count). The number of aromatic nitrogens is 2. The van der Waals surface area contributed by atoms with Crippen LogP contribution in [0.1, 0.15) is 17.6 Å². The summed E-state index contributed by atoms with van der Waals surface area (Å²) in [5.74, 6) is 0.633. The van der Waals surface area contributed by atoms with E-state index < -0.39 is 0 Å². The number of hydrogen-bond acceptors (Lipinski definition) is 4. The number of thioether (sulfide) groups is 1. The van der Waals surface area contributed by atoms with Crippen molar-refractivity contribution in [2.45, 2.75) is 18.0 Å². The number of rotatable bonds is 2. The maximum absolute atomic E-state index is 11.6. The molecule has 4 nitrogen and oxygen atoms in total. The van der Waals surface area contributed by atoms with Crippen molar-refractivity contribution in [3.05, 3.63) is 30.5 Å². The second kappa shape index (κ2) is 4.66. The summed E-state index contributed by atoms with van der Waals surface area (Å²) in [6, 6.07) is 8.50. The van der Waals surface area contributed by atoms with Crippen LogP contribution >= 0.6 is 11.8 Å². The van der Waals surface area contributed by atoms with Crippen LogP contribution in [-0.4, -0.2) is 34.3 Å². The minimum Gasteiger partial charge on any atom is -0.372 e. The molecular weight excluding hydrogens is 270 g/mol. The van der Waals surface area contributed by atoms with E-state index in [1.807, 2.05) is 6.20 Å². The molecule has 0 radical (unpaired) electrons. The lowest BCUT2D eigenvalue weighted by Gasteiger charge is -2.17. The van der Waals surface area contributed by atoms with Crippen LogP contribution in [-0.2, 0) is 0 Å². The molecular formula is C15H15N3OS. The number of carbonyl (C=O) groups excluding carboxylic acids is 1. The smallest absolute Gasteiger partial charge is 0.243 e. The molecule has 1 aromatic heterocycles. The number of hydrogen-bond donors (Lipinski definition) is 0. The molecule has 1 aromatic carbocycles. The number of fused-ring (bicyclic) bond motifs is 1. The highest BCUT2D eigenvalue weighted by molar-refractivity contribution is 8.00. The molecule has 0 saturated carbocycles. The molecule has 20 heavy (non-hydrogen) atoms. The molecule has 3 heterocycles. The molecule has 0 spiro atoms. The molecule has 0 aliphatic carbocycles. The van der Waals surface area contributed by atoms with E-state index >= 15 is 0 Å². The highest BCUT2D eigenvalue weighted by Gasteiger charge is 2.22. The predicted octanol–water partition coefficient (Wildman–Crippen LogP) is 2.90. The van der Waals surface area contributed by atoms with Gasteiger partial charge in [-0.15, -0.1) is 0 Å². The lowest BCUT2D eigenvalue weighted by atomic mass is 10.1. The molecule has 1 saturated heterocycles. The molecule has 0 atom stereocenters. The quantitative estimate of drug-likeness (QED) is 0.850. The Bertz CT molecular complexity index is 656. The largest absolute Gasteiger partial charge is 0.372 e. The number of nitrogens with zero attached hydrogens (tertiary/aromatic N) is 3. The third-order valence-corrected chi connectivity index (χ3v) is 4.84. The first-order chi connectivity index (χ1) is 9.81. The minimum absolute atomic E-state index is 0.123.